The molecule has 2 aromatic rings. The largest absolute Gasteiger partial charge is 0.447 e. The number of rotatable bonds is 3. The molecule has 0 aliphatic carbocycles. The summed E-state index contributed by atoms with van der Waals surface area (Å²) in [7, 11) is 0. The van der Waals surface area contributed by atoms with Crippen molar-refractivity contribution in [2.75, 3.05) is 41.9 Å². The molecule has 2 N–H and O–H groups in total. The van der Waals surface area contributed by atoms with Gasteiger partial charge < -0.3 is 20.1 Å². The lowest BCUT2D eigenvalue weighted by Crippen LogP contribution is -2.45. The van der Waals surface area contributed by atoms with E-state index in [2.05, 4.69) is 42.6 Å². The molecule has 0 radical (unpaired) electrons. The van der Waals surface area contributed by atoms with Crippen LogP contribution in [0.5, 0.6) is 0 Å². The average molecular weight is 428 g/mol. The number of nitrogens with two attached hydrogens (primary N) is 1. The van der Waals surface area contributed by atoms with Gasteiger partial charge in [-0.25, -0.2) is 19.7 Å². The van der Waals surface area contributed by atoms with E-state index in [4.69, 9.17) is 25.2 Å². The van der Waals surface area contributed by atoms with Crippen LogP contribution < -0.4 is 15.5 Å². The number of hydrogen-bond donors (Lipinski definition) is 1. The number of anilines is 3. The first-order valence-electron chi connectivity index (χ1n) is 10.5. The minimum absolute atomic E-state index is 0.101. The molecule has 2 aromatic heterocycles. The van der Waals surface area contributed by atoms with Crippen molar-refractivity contribution in [2.24, 2.45) is 0 Å². The van der Waals surface area contributed by atoms with E-state index in [1.807, 2.05) is 6.92 Å². The number of aromatic nitrogens is 4. The zero-order valence-corrected chi connectivity index (χ0v) is 18.6. The second kappa shape index (κ2) is 7.92. The Morgan fingerprint density at radius 1 is 1.13 bits per heavy atom. The lowest BCUT2D eigenvalue weighted by Gasteiger charge is -2.34. The lowest BCUT2D eigenvalue weighted by atomic mass is 9.88. The summed E-state index contributed by atoms with van der Waals surface area (Å²) in [6.07, 6.45) is 1.27. The zero-order chi connectivity index (χ0) is 22.3. The zero-order valence-electron chi connectivity index (χ0n) is 18.6. The van der Waals surface area contributed by atoms with Crippen LogP contribution in [0.2, 0.25) is 0 Å². The maximum atomic E-state index is 12.4. The van der Waals surface area contributed by atoms with E-state index in [1.165, 1.54) is 0 Å². The minimum Gasteiger partial charge on any atom is -0.447 e. The smallest absolute Gasteiger partial charge is 0.415 e. The van der Waals surface area contributed by atoms with Crippen molar-refractivity contribution in [2.45, 2.75) is 52.1 Å². The first-order valence-corrected chi connectivity index (χ1v) is 10.5. The summed E-state index contributed by atoms with van der Waals surface area (Å²) in [5, 5.41) is 0. The summed E-state index contributed by atoms with van der Waals surface area (Å²) in [4.78, 5) is 34.4. The molecule has 31 heavy (non-hydrogen) atoms. The van der Waals surface area contributed by atoms with Crippen LogP contribution in [-0.2, 0) is 14.9 Å². The van der Waals surface area contributed by atoms with Gasteiger partial charge in [0.15, 0.2) is 0 Å². The standard InChI is InChI=1S/C21H29N7O3/c1-12-10-30-7-6-27(12)19-24-15(8-16(25-19)28-13(2)11-31-20(28)29)14-9-23-18(22)26-17(14)21(3,4)5/h8-9,12-13H,6-7,10-11H2,1-5H3,(H2,22,23,26)/t12-,13-/m0/s1. The van der Waals surface area contributed by atoms with Crippen LogP contribution in [0.4, 0.5) is 22.5 Å². The van der Waals surface area contributed by atoms with E-state index in [0.717, 1.165) is 11.3 Å². The Kier molecular flexibility index (Phi) is 5.42. The highest BCUT2D eigenvalue weighted by Gasteiger charge is 2.34. The summed E-state index contributed by atoms with van der Waals surface area (Å²) >= 11 is 0. The molecular weight excluding hydrogens is 398 g/mol. The molecule has 2 aliphatic heterocycles. The van der Waals surface area contributed by atoms with Crippen LogP contribution >= 0.6 is 0 Å². The predicted octanol–water partition coefficient (Wildman–Crippen LogP) is 2.38. The average Bonchev–Trinajstić information content (AvgIpc) is 3.05. The molecule has 0 unspecified atom stereocenters. The fourth-order valence-corrected chi connectivity index (χ4v) is 3.83. The van der Waals surface area contributed by atoms with Gasteiger partial charge in [-0.3, -0.25) is 4.90 Å². The van der Waals surface area contributed by atoms with Gasteiger partial charge in [0.2, 0.25) is 11.9 Å². The van der Waals surface area contributed by atoms with Crippen molar-refractivity contribution in [3.63, 3.8) is 0 Å². The van der Waals surface area contributed by atoms with E-state index in [0.29, 0.717) is 43.8 Å². The lowest BCUT2D eigenvalue weighted by molar-refractivity contribution is 0.0981. The summed E-state index contributed by atoms with van der Waals surface area (Å²) in [6.45, 7) is 12.3. The van der Waals surface area contributed by atoms with Gasteiger partial charge in [0.25, 0.3) is 0 Å². The first kappa shape index (κ1) is 21.2. The van der Waals surface area contributed by atoms with E-state index >= 15 is 0 Å². The second-order valence-corrected chi connectivity index (χ2v) is 9.07. The first-order chi connectivity index (χ1) is 14.6. The fraction of sp³-hybridized carbons (Fsp3) is 0.571. The van der Waals surface area contributed by atoms with Crippen LogP contribution in [0.1, 0.15) is 40.3 Å². The number of hydrogen-bond acceptors (Lipinski definition) is 9. The molecule has 4 rings (SSSR count). The van der Waals surface area contributed by atoms with E-state index in [9.17, 15) is 4.79 Å². The van der Waals surface area contributed by atoms with Crippen molar-refractivity contribution in [1.82, 2.24) is 19.9 Å². The number of carbonyl (C=O) groups is 1. The SMILES string of the molecule is C[C@H]1COCCN1c1nc(-c2cnc(N)nc2C(C)(C)C)cc(N2C(=O)OC[C@@H]2C)n1. The Labute approximate surface area is 181 Å². The Bertz CT molecular complexity index is 991. The van der Waals surface area contributed by atoms with Crippen molar-refractivity contribution in [3.8, 4) is 11.3 Å². The van der Waals surface area contributed by atoms with E-state index in [-0.39, 0.29) is 23.4 Å². The van der Waals surface area contributed by atoms with Gasteiger partial charge in [-0.2, -0.15) is 4.98 Å². The molecule has 166 valence electrons. The van der Waals surface area contributed by atoms with Crippen LogP contribution in [0.3, 0.4) is 0 Å². The van der Waals surface area contributed by atoms with Gasteiger partial charge in [0, 0.05) is 29.8 Å². The number of carbonyl (C=O) groups excluding carboxylic acids is 1. The quantitative estimate of drug-likeness (QED) is 0.787. The summed E-state index contributed by atoms with van der Waals surface area (Å²) in [6, 6.07) is 1.77. The summed E-state index contributed by atoms with van der Waals surface area (Å²) < 4.78 is 10.8. The number of cyclic esters (lactones) is 1. The molecule has 2 saturated heterocycles. The molecule has 10 heteroatoms. The van der Waals surface area contributed by atoms with Crippen molar-refractivity contribution >= 4 is 23.8 Å². The van der Waals surface area contributed by atoms with Crippen LogP contribution in [-0.4, -0.2) is 64.5 Å². The highest BCUT2D eigenvalue weighted by atomic mass is 16.6. The summed E-state index contributed by atoms with van der Waals surface area (Å²) in [5.41, 5.74) is 7.77. The molecular formula is C21H29N7O3. The molecule has 0 bridgehead atoms. The molecule has 0 spiro atoms. The predicted molar refractivity (Wildman–Crippen MR) is 117 cm³/mol. The number of nitrogen functional groups attached to an aromatic ring is 1. The molecule has 2 atom stereocenters. The van der Waals surface area contributed by atoms with Gasteiger partial charge >= 0.3 is 6.09 Å². The summed E-state index contributed by atoms with van der Waals surface area (Å²) in [5.74, 6) is 1.24. The van der Waals surface area contributed by atoms with Gasteiger partial charge in [-0.15, -0.1) is 0 Å². The topological polar surface area (TPSA) is 120 Å². The van der Waals surface area contributed by atoms with Crippen molar-refractivity contribution in [3.05, 3.63) is 18.0 Å². The number of ether oxygens (including phenoxy) is 2. The molecule has 0 saturated carbocycles. The van der Waals surface area contributed by atoms with Gasteiger partial charge in [-0.1, -0.05) is 20.8 Å². The van der Waals surface area contributed by atoms with E-state index < -0.39 is 6.09 Å². The third kappa shape index (κ3) is 4.12. The monoisotopic (exact) mass is 427 g/mol. The van der Waals surface area contributed by atoms with Crippen LogP contribution in [0.15, 0.2) is 12.3 Å². The second-order valence-electron chi connectivity index (χ2n) is 9.07. The number of nitrogens with zero attached hydrogens (tertiary/aromatic N) is 6. The molecule has 1 amide bonds. The van der Waals surface area contributed by atoms with Crippen LogP contribution in [0, 0.1) is 0 Å². The maximum absolute atomic E-state index is 12.4. The van der Waals surface area contributed by atoms with Gasteiger partial charge in [0.05, 0.1) is 36.7 Å². The Morgan fingerprint density at radius 2 is 1.90 bits per heavy atom. The molecule has 2 fully saturated rings. The molecule has 2 aliphatic rings. The minimum atomic E-state index is -0.414. The molecule has 0 aromatic carbocycles. The number of morpholine rings is 1. The number of amides is 1. The molecule has 10 nitrogen and oxygen atoms in total. The Hall–Kier alpha value is -3.01. The fourth-order valence-electron chi connectivity index (χ4n) is 3.83. The molecule has 4 heterocycles. The van der Waals surface area contributed by atoms with Gasteiger partial charge in [0.1, 0.15) is 12.4 Å². The highest BCUT2D eigenvalue weighted by Crippen LogP contribution is 2.34. The maximum Gasteiger partial charge on any atom is 0.415 e. The highest BCUT2D eigenvalue weighted by molar-refractivity contribution is 5.90. The Balaban J connectivity index is 1.90. The third-order valence-electron chi connectivity index (χ3n) is 5.45. The van der Waals surface area contributed by atoms with Crippen LogP contribution in [0.25, 0.3) is 11.3 Å². The Morgan fingerprint density at radius 3 is 2.55 bits per heavy atom. The third-order valence-corrected chi connectivity index (χ3v) is 5.45. The van der Waals surface area contributed by atoms with E-state index in [1.54, 1.807) is 17.2 Å². The van der Waals surface area contributed by atoms with Gasteiger partial charge in [-0.05, 0) is 13.8 Å². The van der Waals surface area contributed by atoms with Crippen molar-refractivity contribution < 1.29 is 14.3 Å². The van der Waals surface area contributed by atoms with Crippen molar-refractivity contribution in [1.29, 1.82) is 0 Å². The normalized spacial score (nSPS) is 22.0.